The molecule has 0 radical (unpaired) electrons. The average Bonchev–Trinajstić information content (AvgIpc) is 2.71. The molecule has 0 saturated carbocycles. The minimum atomic E-state index is 0.154. The Labute approximate surface area is 123 Å². The molecule has 0 atom stereocenters. The molecule has 0 unspecified atom stereocenters. The fourth-order valence-electron chi connectivity index (χ4n) is 1.76. The number of hydrogen-bond donors (Lipinski definition) is 0. The molecule has 0 amide bonds. The lowest BCUT2D eigenvalue weighted by Gasteiger charge is -2.08. The van der Waals surface area contributed by atoms with Gasteiger partial charge < -0.3 is 4.84 Å². The van der Waals surface area contributed by atoms with E-state index in [1.807, 2.05) is 12.1 Å². The number of nitrogens with zero attached hydrogens (tertiary/aromatic N) is 3. The summed E-state index contributed by atoms with van der Waals surface area (Å²) < 4.78 is 1.85. The van der Waals surface area contributed by atoms with Crippen molar-refractivity contribution in [3.63, 3.8) is 0 Å². The van der Waals surface area contributed by atoms with Gasteiger partial charge in [-0.25, -0.2) is 0 Å². The van der Waals surface area contributed by atoms with Crippen LogP contribution in [-0.4, -0.2) is 11.8 Å². The molecule has 0 spiro atoms. The molecule has 4 nitrogen and oxygen atoms in total. The first-order valence-electron chi connectivity index (χ1n) is 5.18. The van der Waals surface area contributed by atoms with Crippen LogP contribution in [0, 0.1) is 22.7 Å². The van der Waals surface area contributed by atoms with Gasteiger partial charge in [0.15, 0.2) is 5.69 Å². The SMILES string of the molecule is COn1c(C#N)c(C#N)c(Br)c1-c1ccc(Cl)cc1. The molecular weight excluding hydrogens is 330 g/mol. The van der Waals surface area contributed by atoms with Gasteiger partial charge in [0.2, 0.25) is 0 Å². The third-order valence-electron chi connectivity index (χ3n) is 2.59. The van der Waals surface area contributed by atoms with Crippen molar-refractivity contribution in [3.8, 4) is 23.4 Å². The number of rotatable bonds is 2. The Morgan fingerprint density at radius 2 is 1.84 bits per heavy atom. The molecule has 19 heavy (non-hydrogen) atoms. The minimum Gasteiger partial charge on any atom is -0.416 e. The Bertz CT molecular complexity index is 707. The van der Waals surface area contributed by atoms with Gasteiger partial charge in [0.05, 0.1) is 4.47 Å². The lowest BCUT2D eigenvalue weighted by atomic mass is 10.1. The lowest BCUT2D eigenvalue weighted by molar-refractivity contribution is 0.169. The van der Waals surface area contributed by atoms with E-state index in [0.29, 0.717) is 15.2 Å². The Morgan fingerprint density at radius 1 is 1.21 bits per heavy atom. The Morgan fingerprint density at radius 3 is 2.32 bits per heavy atom. The molecule has 6 heteroatoms. The van der Waals surface area contributed by atoms with Crippen molar-refractivity contribution in [2.75, 3.05) is 7.11 Å². The maximum atomic E-state index is 9.15. The third kappa shape index (κ3) is 2.19. The zero-order chi connectivity index (χ0) is 14.0. The van der Waals surface area contributed by atoms with Crippen molar-refractivity contribution in [1.29, 1.82) is 10.5 Å². The molecule has 0 fully saturated rings. The van der Waals surface area contributed by atoms with Crippen molar-refractivity contribution in [3.05, 3.63) is 45.0 Å². The number of halogens is 2. The maximum Gasteiger partial charge on any atom is 0.176 e. The molecule has 1 aromatic heterocycles. The van der Waals surface area contributed by atoms with E-state index in [-0.39, 0.29) is 11.3 Å². The van der Waals surface area contributed by atoms with E-state index in [1.165, 1.54) is 11.8 Å². The van der Waals surface area contributed by atoms with Crippen LogP contribution >= 0.6 is 27.5 Å². The summed E-state index contributed by atoms with van der Waals surface area (Å²) >= 11 is 9.19. The van der Waals surface area contributed by atoms with Crippen LogP contribution in [-0.2, 0) is 0 Å². The van der Waals surface area contributed by atoms with Gasteiger partial charge >= 0.3 is 0 Å². The first-order valence-corrected chi connectivity index (χ1v) is 6.36. The van der Waals surface area contributed by atoms with Gasteiger partial charge in [-0.3, -0.25) is 0 Å². The standard InChI is InChI=1S/C13H7BrClN3O/c1-19-18-11(7-17)10(6-16)12(14)13(18)8-2-4-9(15)5-3-8/h2-5H,1H3. The number of hydrogen-bond acceptors (Lipinski definition) is 3. The van der Waals surface area contributed by atoms with E-state index in [1.54, 1.807) is 24.3 Å². The largest absolute Gasteiger partial charge is 0.416 e. The zero-order valence-electron chi connectivity index (χ0n) is 9.82. The first kappa shape index (κ1) is 13.5. The second-order valence-electron chi connectivity index (χ2n) is 3.59. The van der Waals surface area contributed by atoms with Gasteiger partial charge in [0.1, 0.15) is 30.5 Å². The predicted octanol–water partition coefficient (Wildman–Crippen LogP) is 3.37. The van der Waals surface area contributed by atoms with E-state index in [2.05, 4.69) is 15.9 Å². The highest BCUT2D eigenvalue weighted by atomic mass is 79.9. The van der Waals surface area contributed by atoms with Crippen LogP contribution < -0.4 is 4.84 Å². The summed E-state index contributed by atoms with van der Waals surface area (Å²) in [5.41, 5.74) is 1.79. The fourth-order valence-corrected chi connectivity index (χ4v) is 2.55. The summed E-state index contributed by atoms with van der Waals surface area (Å²) in [5, 5.41) is 18.9. The Balaban J connectivity index is 2.77. The molecule has 0 N–H and O–H groups in total. The van der Waals surface area contributed by atoms with Crippen molar-refractivity contribution in [2.24, 2.45) is 0 Å². The minimum absolute atomic E-state index is 0.154. The smallest absolute Gasteiger partial charge is 0.176 e. The summed E-state index contributed by atoms with van der Waals surface area (Å²) in [6, 6.07) is 11.0. The van der Waals surface area contributed by atoms with Gasteiger partial charge in [0, 0.05) is 10.6 Å². The summed E-state index contributed by atoms with van der Waals surface area (Å²) in [4.78, 5) is 5.20. The molecule has 0 aliphatic rings. The van der Waals surface area contributed by atoms with E-state index in [4.69, 9.17) is 27.0 Å². The van der Waals surface area contributed by atoms with E-state index in [9.17, 15) is 0 Å². The van der Waals surface area contributed by atoms with Crippen molar-refractivity contribution in [2.45, 2.75) is 0 Å². The van der Waals surface area contributed by atoms with Crippen LogP contribution in [0.4, 0.5) is 0 Å². The van der Waals surface area contributed by atoms with Crippen LogP contribution in [0.5, 0.6) is 0 Å². The highest BCUT2D eigenvalue weighted by Gasteiger charge is 2.23. The van der Waals surface area contributed by atoms with Gasteiger partial charge in [-0.05, 0) is 28.1 Å². The molecule has 0 saturated heterocycles. The van der Waals surface area contributed by atoms with E-state index >= 15 is 0 Å². The quantitative estimate of drug-likeness (QED) is 0.844. The summed E-state index contributed by atoms with van der Waals surface area (Å²) in [6.07, 6.45) is 0. The molecule has 0 bridgehead atoms. The van der Waals surface area contributed by atoms with Crippen molar-refractivity contribution >= 4 is 27.5 Å². The molecule has 94 valence electrons. The van der Waals surface area contributed by atoms with Gasteiger partial charge in [0.25, 0.3) is 0 Å². The van der Waals surface area contributed by atoms with Crippen LogP contribution in [0.2, 0.25) is 5.02 Å². The summed E-state index contributed by atoms with van der Waals surface area (Å²) in [5.74, 6) is 0. The van der Waals surface area contributed by atoms with E-state index in [0.717, 1.165) is 5.56 Å². The Kier molecular flexibility index (Phi) is 3.80. The zero-order valence-corrected chi connectivity index (χ0v) is 12.2. The molecule has 1 aromatic carbocycles. The number of benzene rings is 1. The summed E-state index contributed by atoms with van der Waals surface area (Å²) in [6.45, 7) is 0. The first-order chi connectivity index (χ1) is 9.13. The van der Waals surface area contributed by atoms with Crippen molar-refractivity contribution < 1.29 is 4.84 Å². The number of nitriles is 2. The van der Waals surface area contributed by atoms with Gasteiger partial charge in [-0.15, -0.1) is 0 Å². The molecule has 1 heterocycles. The lowest BCUT2D eigenvalue weighted by Crippen LogP contribution is -2.09. The molecule has 2 aromatic rings. The highest BCUT2D eigenvalue weighted by molar-refractivity contribution is 9.10. The fraction of sp³-hybridized carbons (Fsp3) is 0.0769. The molecule has 0 aliphatic heterocycles. The van der Waals surface area contributed by atoms with Gasteiger partial charge in [-0.1, -0.05) is 23.7 Å². The van der Waals surface area contributed by atoms with Crippen LogP contribution in [0.3, 0.4) is 0 Å². The van der Waals surface area contributed by atoms with Crippen LogP contribution in [0.15, 0.2) is 28.7 Å². The van der Waals surface area contributed by atoms with Crippen molar-refractivity contribution in [1.82, 2.24) is 4.73 Å². The number of aromatic nitrogens is 1. The molecule has 0 aliphatic carbocycles. The summed E-state index contributed by atoms with van der Waals surface area (Å²) in [7, 11) is 1.44. The van der Waals surface area contributed by atoms with E-state index < -0.39 is 0 Å². The maximum absolute atomic E-state index is 9.15. The normalized spacial score (nSPS) is 9.74. The van der Waals surface area contributed by atoms with Crippen LogP contribution in [0.25, 0.3) is 11.3 Å². The second-order valence-corrected chi connectivity index (χ2v) is 4.82. The molecular formula is C13H7BrClN3O. The highest BCUT2D eigenvalue weighted by Crippen LogP contribution is 2.35. The topological polar surface area (TPSA) is 61.7 Å². The van der Waals surface area contributed by atoms with Crippen LogP contribution in [0.1, 0.15) is 11.3 Å². The monoisotopic (exact) mass is 335 g/mol. The Hall–Kier alpha value is -1.95. The third-order valence-corrected chi connectivity index (χ3v) is 3.61. The molecule has 2 rings (SSSR count). The second kappa shape index (κ2) is 5.36. The average molecular weight is 337 g/mol. The van der Waals surface area contributed by atoms with Gasteiger partial charge in [-0.2, -0.15) is 15.3 Å². The predicted molar refractivity (Wildman–Crippen MR) is 74.5 cm³/mol.